The Kier molecular flexibility index (Phi) is 3.61. The minimum atomic E-state index is -1.52. The molecule has 23 heavy (non-hydrogen) atoms. The molecule has 0 saturated heterocycles. The lowest BCUT2D eigenvalue weighted by Gasteiger charge is -2.43. The first kappa shape index (κ1) is 14.8. The van der Waals surface area contributed by atoms with Crippen molar-refractivity contribution in [3.05, 3.63) is 53.0 Å². The second kappa shape index (κ2) is 5.59. The molecule has 0 spiro atoms. The van der Waals surface area contributed by atoms with Crippen LogP contribution >= 0.6 is 0 Å². The summed E-state index contributed by atoms with van der Waals surface area (Å²) in [5, 5.41) is 29.2. The van der Waals surface area contributed by atoms with Gasteiger partial charge < -0.3 is 5.73 Å². The molecule has 0 bridgehead atoms. The van der Waals surface area contributed by atoms with E-state index in [9.17, 15) is 15.8 Å². The van der Waals surface area contributed by atoms with Crippen LogP contribution < -0.4 is 5.73 Å². The van der Waals surface area contributed by atoms with Gasteiger partial charge in [0.15, 0.2) is 5.41 Å². The van der Waals surface area contributed by atoms with Gasteiger partial charge in [0.2, 0.25) is 0 Å². The number of nitrogens with two attached hydrogens (primary N) is 1. The van der Waals surface area contributed by atoms with E-state index in [0.29, 0.717) is 5.57 Å². The number of hydrogen-bond acceptors (Lipinski definition) is 5. The summed E-state index contributed by atoms with van der Waals surface area (Å²) in [7, 11) is 0. The molecule has 1 heterocycles. The van der Waals surface area contributed by atoms with E-state index in [4.69, 9.17) is 5.73 Å². The Morgan fingerprint density at radius 2 is 1.87 bits per heavy atom. The average Bonchev–Trinajstić information content (AvgIpc) is 2.61. The number of fused-ring (bicyclic) bond motifs is 1. The van der Waals surface area contributed by atoms with E-state index in [2.05, 4.69) is 23.2 Å². The first-order chi connectivity index (χ1) is 11.2. The molecule has 112 valence electrons. The molecule has 2 aliphatic rings. The zero-order valence-corrected chi connectivity index (χ0v) is 12.5. The molecule has 1 aromatic heterocycles. The quantitative estimate of drug-likeness (QED) is 0.857. The molecule has 0 aliphatic heterocycles. The fourth-order valence-electron chi connectivity index (χ4n) is 3.82. The second-order valence-electron chi connectivity index (χ2n) is 5.89. The van der Waals surface area contributed by atoms with Crippen LogP contribution in [0.2, 0.25) is 0 Å². The third-order valence-corrected chi connectivity index (χ3v) is 4.86. The normalized spacial score (nSPS) is 25.3. The first-order valence-electron chi connectivity index (χ1n) is 7.52. The van der Waals surface area contributed by atoms with Gasteiger partial charge in [0.25, 0.3) is 0 Å². The topological polar surface area (TPSA) is 110 Å². The van der Waals surface area contributed by atoms with Crippen molar-refractivity contribution in [3.8, 4) is 18.2 Å². The van der Waals surface area contributed by atoms with E-state index in [1.54, 1.807) is 12.4 Å². The van der Waals surface area contributed by atoms with Gasteiger partial charge in [-0.3, -0.25) is 4.98 Å². The summed E-state index contributed by atoms with van der Waals surface area (Å²) in [4.78, 5) is 4.02. The van der Waals surface area contributed by atoms with Crippen LogP contribution in [0.5, 0.6) is 0 Å². The lowest BCUT2D eigenvalue weighted by molar-refractivity contribution is 0.317. The van der Waals surface area contributed by atoms with Crippen LogP contribution in [0, 0.1) is 45.3 Å². The highest BCUT2D eigenvalue weighted by atomic mass is 14.7. The minimum Gasteiger partial charge on any atom is -0.399 e. The van der Waals surface area contributed by atoms with Crippen molar-refractivity contribution in [1.82, 2.24) is 4.98 Å². The van der Waals surface area contributed by atoms with Crippen molar-refractivity contribution in [1.29, 1.82) is 15.8 Å². The Balaban J connectivity index is 2.33. The molecule has 0 saturated carbocycles. The lowest BCUT2D eigenvalue weighted by Crippen LogP contribution is -2.42. The van der Waals surface area contributed by atoms with Crippen molar-refractivity contribution in [2.75, 3.05) is 0 Å². The smallest absolute Gasteiger partial charge is 0.191 e. The number of rotatable bonds is 1. The third-order valence-electron chi connectivity index (χ3n) is 4.86. The molecule has 0 aromatic carbocycles. The summed E-state index contributed by atoms with van der Waals surface area (Å²) in [5.41, 5.74) is 6.80. The Bertz CT molecular complexity index is 800. The molecule has 0 amide bonds. The molecule has 2 atom stereocenters. The summed E-state index contributed by atoms with van der Waals surface area (Å²) < 4.78 is 0. The van der Waals surface area contributed by atoms with Crippen molar-refractivity contribution in [3.63, 3.8) is 0 Å². The largest absolute Gasteiger partial charge is 0.399 e. The molecule has 0 radical (unpaired) electrons. The minimum absolute atomic E-state index is 0.0487. The first-order valence-corrected chi connectivity index (χ1v) is 7.52. The third kappa shape index (κ3) is 2.00. The van der Waals surface area contributed by atoms with E-state index in [-0.39, 0.29) is 17.5 Å². The number of allylic oxidation sites excluding steroid dienone is 4. The monoisotopic (exact) mass is 301 g/mol. The summed E-state index contributed by atoms with van der Waals surface area (Å²) in [5.74, 6) is -0.434. The van der Waals surface area contributed by atoms with Crippen molar-refractivity contribution in [2.24, 2.45) is 17.1 Å². The summed E-state index contributed by atoms with van der Waals surface area (Å²) in [6, 6.07) is 10.0. The van der Waals surface area contributed by atoms with Crippen LogP contribution in [-0.2, 0) is 0 Å². The number of nitrogens with zero attached hydrogens (tertiary/aromatic N) is 4. The number of pyridine rings is 1. The van der Waals surface area contributed by atoms with Crippen LogP contribution in [0.15, 0.2) is 47.4 Å². The maximum atomic E-state index is 9.82. The predicted octanol–water partition coefficient (Wildman–Crippen LogP) is 2.68. The van der Waals surface area contributed by atoms with Crippen molar-refractivity contribution < 1.29 is 0 Å². The zero-order chi connectivity index (χ0) is 16.4. The van der Waals surface area contributed by atoms with Gasteiger partial charge in [-0.05, 0) is 48.4 Å². The van der Waals surface area contributed by atoms with Crippen molar-refractivity contribution in [2.45, 2.75) is 25.2 Å². The second-order valence-corrected chi connectivity index (χ2v) is 5.89. The molecule has 0 unspecified atom stereocenters. The van der Waals surface area contributed by atoms with Gasteiger partial charge in [0, 0.05) is 18.3 Å². The molecular formula is C18H15N5. The number of aromatic nitrogens is 1. The molecule has 5 heteroatoms. The number of nitriles is 3. The van der Waals surface area contributed by atoms with Gasteiger partial charge in [-0.25, -0.2) is 0 Å². The van der Waals surface area contributed by atoms with Gasteiger partial charge in [-0.1, -0.05) is 6.08 Å². The Hall–Kier alpha value is -3.10. The van der Waals surface area contributed by atoms with E-state index >= 15 is 0 Å². The molecule has 2 N–H and O–H groups in total. The molecule has 1 aromatic rings. The van der Waals surface area contributed by atoms with E-state index in [0.717, 1.165) is 30.4 Å². The zero-order valence-electron chi connectivity index (χ0n) is 12.5. The highest BCUT2D eigenvalue weighted by Gasteiger charge is 2.53. The highest BCUT2D eigenvalue weighted by molar-refractivity contribution is 5.59. The van der Waals surface area contributed by atoms with E-state index in [1.165, 1.54) is 0 Å². The molecule has 0 fully saturated rings. The fraction of sp³-hybridized carbons (Fsp3) is 0.333. The maximum absolute atomic E-state index is 9.82. The molecule has 5 nitrogen and oxygen atoms in total. The van der Waals surface area contributed by atoms with Crippen LogP contribution in [-0.4, -0.2) is 4.98 Å². The standard InChI is InChI=1S/C18H15N5/c19-9-15-13-3-1-2-4-14(13)16(12-5-7-23-8-6-12)18(10-20,11-21)17(15)22/h3,5-8,14,16H,1-2,4,22H2/t14-,16+/m0/s1. The summed E-state index contributed by atoms with van der Waals surface area (Å²) >= 11 is 0. The van der Waals surface area contributed by atoms with Gasteiger partial charge >= 0.3 is 0 Å². The van der Waals surface area contributed by atoms with Crippen LogP contribution in [0.3, 0.4) is 0 Å². The molecular weight excluding hydrogens is 286 g/mol. The summed E-state index contributed by atoms with van der Waals surface area (Å²) in [6.45, 7) is 0. The molecule has 2 aliphatic carbocycles. The fourth-order valence-corrected chi connectivity index (χ4v) is 3.82. The van der Waals surface area contributed by atoms with E-state index < -0.39 is 5.41 Å². The number of hydrogen-bond donors (Lipinski definition) is 1. The Labute approximate surface area is 135 Å². The van der Waals surface area contributed by atoms with Crippen LogP contribution in [0.25, 0.3) is 0 Å². The highest BCUT2D eigenvalue weighted by Crippen LogP contribution is 2.55. The van der Waals surface area contributed by atoms with Gasteiger partial charge in [0.05, 0.1) is 23.4 Å². The van der Waals surface area contributed by atoms with Gasteiger partial charge in [0.1, 0.15) is 6.07 Å². The van der Waals surface area contributed by atoms with Gasteiger partial charge in [-0.15, -0.1) is 0 Å². The molecule has 3 rings (SSSR count). The van der Waals surface area contributed by atoms with E-state index in [1.807, 2.05) is 18.2 Å². The predicted molar refractivity (Wildman–Crippen MR) is 82.9 cm³/mol. The van der Waals surface area contributed by atoms with Crippen LogP contribution in [0.4, 0.5) is 0 Å². The average molecular weight is 301 g/mol. The maximum Gasteiger partial charge on any atom is 0.191 e. The van der Waals surface area contributed by atoms with Gasteiger partial charge in [-0.2, -0.15) is 15.8 Å². The van der Waals surface area contributed by atoms with Crippen LogP contribution in [0.1, 0.15) is 30.7 Å². The SMILES string of the molecule is N#CC1=C(N)C(C#N)(C#N)[C@H](c2ccncc2)[C@H]2CCCC=C12. The Morgan fingerprint density at radius 1 is 1.17 bits per heavy atom. The summed E-state index contributed by atoms with van der Waals surface area (Å²) in [6.07, 6.45) is 8.04. The van der Waals surface area contributed by atoms with Crippen molar-refractivity contribution >= 4 is 0 Å². The lowest BCUT2D eigenvalue weighted by atomic mass is 9.57. The Morgan fingerprint density at radius 3 is 2.48 bits per heavy atom.